The van der Waals surface area contributed by atoms with E-state index in [2.05, 4.69) is 36.6 Å². The number of hydrogen-bond donors (Lipinski definition) is 0. The second-order valence-electron chi connectivity index (χ2n) is 9.19. The van der Waals surface area contributed by atoms with Gasteiger partial charge in [0.2, 0.25) is 5.91 Å². The van der Waals surface area contributed by atoms with Crippen LogP contribution in [0.1, 0.15) is 49.9 Å². The van der Waals surface area contributed by atoms with Crippen LogP contribution < -0.4 is 9.64 Å². The number of hydrogen-bond acceptors (Lipinski definition) is 3. The third-order valence-electron chi connectivity index (χ3n) is 6.96. The molecule has 0 aliphatic carbocycles. The minimum absolute atomic E-state index is 0.0130. The number of fused-ring (bicyclic) bond motifs is 1. The molecule has 0 bridgehead atoms. The van der Waals surface area contributed by atoms with Crippen LogP contribution in [0.3, 0.4) is 0 Å². The SMILES string of the molecule is CCC(C)c1ccc(OCCn2c(C3CC(=O)N(c4ccccc4Cl)C3)nc3ccccc32)cc1. The van der Waals surface area contributed by atoms with E-state index < -0.39 is 0 Å². The third kappa shape index (κ3) is 4.78. The quantitative estimate of drug-likeness (QED) is 0.274. The standard InChI is InChI=1S/C29H30ClN3O2/c1-3-20(2)21-12-14-23(15-13-21)35-17-16-32-27-11-7-5-9-25(27)31-29(32)22-18-28(34)33(19-22)26-10-6-4-8-24(26)30/h4-15,20,22H,3,16-19H2,1-2H3. The molecule has 0 spiro atoms. The molecule has 1 aliphatic heterocycles. The van der Waals surface area contributed by atoms with E-state index in [1.807, 2.05) is 54.6 Å². The summed E-state index contributed by atoms with van der Waals surface area (Å²) in [5.74, 6) is 2.39. The van der Waals surface area contributed by atoms with Gasteiger partial charge in [0.1, 0.15) is 18.2 Å². The molecule has 35 heavy (non-hydrogen) atoms. The Morgan fingerprint density at radius 1 is 1.06 bits per heavy atom. The molecule has 6 heteroatoms. The Morgan fingerprint density at radius 2 is 1.80 bits per heavy atom. The minimum Gasteiger partial charge on any atom is -0.492 e. The van der Waals surface area contributed by atoms with Crippen LogP contribution in [0.2, 0.25) is 5.02 Å². The van der Waals surface area contributed by atoms with Gasteiger partial charge in [-0.25, -0.2) is 4.98 Å². The monoisotopic (exact) mass is 487 g/mol. The first-order chi connectivity index (χ1) is 17.0. The Hall–Kier alpha value is -3.31. The van der Waals surface area contributed by atoms with E-state index in [0.717, 1.165) is 34.7 Å². The molecule has 2 heterocycles. The number of para-hydroxylation sites is 3. The largest absolute Gasteiger partial charge is 0.492 e. The highest BCUT2D eigenvalue weighted by Gasteiger charge is 2.35. The molecular weight excluding hydrogens is 458 g/mol. The van der Waals surface area contributed by atoms with Crippen molar-refractivity contribution in [2.24, 2.45) is 0 Å². The first-order valence-corrected chi connectivity index (χ1v) is 12.7. The minimum atomic E-state index is -0.0130. The second kappa shape index (κ2) is 10.1. The molecule has 2 unspecified atom stereocenters. The summed E-state index contributed by atoms with van der Waals surface area (Å²) in [6, 6.07) is 24.0. The van der Waals surface area contributed by atoms with E-state index in [1.165, 1.54) is 5.56 Å². The predicted molar refractivity (Wildman–Crippen MR) is 142 cm³/mol. The highest BCUT2D eigenvalue weighted by atomic mass is 35.5. The molecule has 5 nitrogen and oxygen atoms in total. The summed E-state index contributed by atoms with van der Waals surface area (Å²) in [7, 11) is 0. The molecule has 3 aromatic carbocycles. The van der Waals surface area contributed by atoms with Crippen molar-refractivity contribution in [2.75, 3.05) is 18.1 Å². The summed E-state index contributed by atoms with van der Waals surface area (Å²) in [6.45, 7) is 6.17. The zero-order chi connectivity index (χ0) is 24.4. The molecule has 0 saturated carbocycles. The van der Waals surface area contributed by atoms with Crippen LogP contribution in [0.15, 0.2) is 72.8 Å². The summed E-state index contributed by atoms with van der Waals surface area (Å²) < 4.78 is 8.30. The summed E-state index contributed by atoms with van der Waals surface area (Å²) in [5, 5.41) is 0.586. The van der Waals surface area contributed by atoms with Gasteiger partial charge in [0, 0.05) is 18.9 Å². The van der Waals surface area contributed by atoms with Crippen LogP contribution >= 0.6 is 11.6 Å². The smallest absolute Gasteiger partial charge is 0.227 e. The van der Waals surface area contributed by atoms with Crippen LogP contribution in [0.5, 0.6) is 5.75 Å². The van der Waals surface area contributed by atoms with Gasteiger partial charge in [0.25, 0.3) is 0 Å². The Labute approximate surface area is 211 Å². The zero-order valence-corrected chi connectivity index (χ0v) is 20.9. The number of halogens is 1. The normalized spacial score (nSPS) is 16.7. The molecule has 5 rings (SSSR count). The number of anilines is 1. The average Bonchev–Trinajstić information content (AvgIpc) is 3.45. The number of ether oxygens (including phenoxy) is 1. The fourth-order valence-corrected chi connectivity index (χ4v) is 5.05. The maximum atomic E-state index is 12.9. The molecule has 4 aromatic rings. The fourth-order valence-electron chi connectivity index (χ4n) is 4.81. The van der Waals surface area contributed by atoms with E-state index in [0.29, 0.717) is 37.1 Å². The van der Waals surface area contributed by atoms with E-state index in [9.17, 15) is 4.79 Å². The van der Waals surface area contributed by atoms with Gasteiger partial charge in [-0.05, 0) is 54.3 Å². The first kappa shape index (κ1) is 23.4. The predicted octanol–water partition coefficient (Wildman–Crippen LogP) is 6.80. The van der Waals surface area contributed by atoms with Gasteiger partial charge in [-0.15, -0.1) is 0 Å². The second-order valence-corrected chi connectivity index (χ2v) is 9.60. The highest BCUT2D eigenvalue weighted by molar-refractivity contribution is 6.33. The zero-order valence-electron chi connectivity index (χ0n) is 20.2. The summed E-state index contributed by atoms with van der Waals surface area (Å²) >= 11 is 6.39. The van der Waals surface area contributed by atoms with Crippen molar-refractivity contribution in [1.29, 1.82) is 0 Å². The van der Waals surface area contributed by atoms with Crippen molar-refractivity contribution in [3.05, 3.63) is 89.2 Å². The van der Waals surface area contributed by atoms with E-state index in [4.69, 9.17) is 21.3 Å². The van der Waals surface area contributed by atoms with Crippen LogP contribution in [0.4, 0.5) is 5.69 Å². The van der Waals surface area contributed by atoms with Crippen LogP contribution in [0.25, 0.3) is 11.0 Å². The van der Waals surface area contributed by atoms with Crippen molar-refractivity contribution in [3.8, 4) is 5.75 Å². The Morgan fingerprint density at radius 3 is 2.57 bits per heavy atom. The van der Waals surface area contributed by atoms with Gasteiger partial charge in [0.05, 0.1) is 28.3 Å². The fraction of sp³-hybridized carbons (Fsp3) is 0.310. The highest BCUT2D eigenvalue weighted by Crippen LogP contribution is 2.36. The number of amides is 1. The van der Waals surface area contributed by atoms with Gasteiger partial charge in [-0.3, -0.25) is 4.79 Å². The molecular formula is C29H30ClN3O2. The average molecular weight is 488 g/mol. The van der Waals surface area contributed by atoms with Gasteiger partial charge in [-0.1, -0.05) is 61.8 Å². The van der Waals surface area contributed by atoms with Crippen LogP contribution in [-0.2, 0) is 11.3 Å². The molecule has 1 saturated heterocycles. The van der Waals surface area contributed by atoms with E-state index in [1.54, 1.807) is 4.90 Å². The van der Waals surface area contributed by atoms with Crippen molar-refractivity contribution < 1.29 is 9.53 Å². The lowest BCUT2D eigenvalue weighted by atomic mass is 9.99. The summed E-state index contributed by atoms with van der Waals surface area (Å²) in [4.78, 5) is 19.7. The van der Waals surface area contributed by atoms with Gasteiger partial charge in [0.15, 0.2) is 0 Å². The molecule has 1 amide bonds. The van der Waals surface area contributed by atoms with Crippen molar-refractivity contribution in [2.45, 2.75) is 45.1 Å². The molecule has 1 aromatic heterocycles. The third-order valence-corrected chi connectivity index (χ3v) is 7.28. The maximum Gasteiger partial charge on any atom is 0.227 e. The molecule has 0 N–H and O–H groups in total. The molecule has 180 valence electrons. The van der Waals surface area contributed by atoms with Crippen molar-refractivity contribution >= 4 is 34.2 Å². The van der Waals surface area contributed by atoms with Crippen molar-refractivity contribution in [3.63, 3.8) is 0 Å². The lowest BCUT2D eigenvalue weighted by Crippen LogP contribution is -2.25. The molecule has 1 fully saturated rings. The molecule has 1 aliphatic rings. The Kier molecular flexibility index (Phi) is 6.78. The number of imidazole rings is 1. The lowest BCUT2D eigenvalue weighted by Gasteiger charge is -2.18. The number of carbonyl (C=O) groups excluding carboxylic acids is 1. The Balaban J connectivity index is 1.35. The topological polar surface area (TPSA) is 47.4 Å². The van der Waals surface area contributed by atoms with Crippen LogP contribution in [-0.4, -0.2) is 28.6 Å². The number of benzene rings is 3. The maximum absolute atomic E-state index is 12.9. The number of aromatic nitrogens is 2. The number of nitrogens with zero attached hydrogens (tertiary/aromatic N) is 3. The van der Waals surface area contributed by atoms with Crippen molar-refractivity contribution in [1.82, 2.24) is 9.55 Å². The summed E-state index contributed by atoms with van der Waals surface area (Å²) in [5.41, 5.74) is 4.08. The Bertz CT molecular complexity index is 1330. The molecule has 2 atom stereocenters. The summed E-state index contributed by atoms with van der Waals surface area (Å²) in [6.07, 6.45) is 1.53. The van der Waals surface area contributed by atoms with Gasteiger partial charge >= 0.3 is 0 Å². The first-order valence-electron chi connectivity index (χ1n) is 12.3. The van der Waals surface area contributed by atoms with E-state index in [-0.39, 0.29) is 11.8 Å². The van der Waals surface area contributed by atoms with Gasteiger partial charge < -0.3 is 14.2 Å². The van der Waals surface area contributed by atoms with E-state index >= 15 is 0 Å². The lowest BCUT2D eigenvalue weighted by molar-refractivity contribution is -0.117. The van der Waals surface area contributed by atoms with Gasteiger partial charge in [-0.2, -0.15) is 0 Å². The number of carbonyl (C=O) groups is 1. The number of rotatable bonds is 8. The van der Waals surface area contributed by atoms with Crippen LogP contribution in [0, 0.1) is 0 Å². The molecule has 0 radical (unpaired) electrons.